The Morgan fingerprint density at radius 3 is 2.44 bits per heavy atom. The standard InChI is InChI=1S/C11H12ClNO2S/c1-9(6-13)7-16(14,15)8-10-2-4-11(12)5-3-10/h2-5,9H,7-8H2,1H3. The number of halogens is 1. The van der Waals surface area contributed by atoms with Crippen molar-refractivity contribution < 1.29 is 8.42 Å². The van der Waals surface area contributed by atoms with E-state index in [1.807, 2.05) is 6.07 Å². The van der Waals surface area contributed by atoms with Gasteiger partial charge in [-0.05, 0) is 24.6 Å². The molecule has 0 N–H and O–H groups in total. The highest BCUT2D eigenvalue weighted by Crippen LogP contribution is 2.13. The van der Waals surface area contributed by atoms with Crippen molar-refractivity contribution in [2.45, 2.75) is 12.7 Å². The molecule has 0 bridgehead atoms. The van der Waals surface area contributed by atoms with Crippen molar-refractivity contribution in [2.75, 3.05) is 5.75 Å². The number of hydrogen-bond acceptors (Lipinski definition) is 3. The molecule has 0 aliphatic carbocycles. The molecule has 1 unspecified atom stereocenters. The minimum absolute atomic E-state index is 0.0454. The van der Waals surface area contributed by atoms with Gasteiger partial charge in [-0.1, -0.05) is 23.7 Å². The van der Waals surface area contributed by atoms with E-state index in [-0.39, 0.29) is 11.5 Å². The van der Waals surface area contributed by atoms with Crippen LogP contribution in [-0.4, -0.2) is 14.2 Å². The van der Waals surface area contributed by atoms with Crippen molar-refractivity contribution in [3.63, 3.8) is 0 Å². The molecular formula is C11H12ClNO2S. The third-order valence-corrected chi connectivity index (χ3v) is 4.06. The van der Waals surface area contributed by atoms with Crippen LogP contribution in [0.5, 0.6) is 0 Å². The molecule has 1 atom stereocenters. The largest absolute Gasteiger partial charge is 0.228 e. The van der Waals surface area contributed by atoms with Gasteiger partial charge in [-0.3, -0.25) is 0 Å². The molecule has 16 heavy (non-hydrogen) atoms. The van der Waals surface area contributed by atoms with E-state index < -0.39 is 15.8 Å². The van der Waals surface area contributed by atoms with Crippen LogP contribution in [0.25, 0.3) is 0 Å². The molecule has 1 rings (SSSR count). The van der Waals surface area contributed by atoms with Crippen molar-refractivity contribution in [1.82, 2.24) is 0 Å². The second kappa shape index (κ2) is 5.33. The summed E-state index contributed by atoms with van der Waals surface area (Å²) in [6, 6.07) is 8.58. The normalized spacial score (nSPS) is 13.1. The summed E-state index contributed by atoms with van der Waals surface area (Å²) in [6.07, 6.45) is 0. The van der Waals surface area contributed by atoms with Gasteiger partial charge in [0.15, 0.2) is 9.84 Å². The second-order valence-electron chi connectivity index (χ2n) is 3.71. The van der Waals surface area contributed by atoms with E-state index in [9.17, 15) is 8.42 Å². The molecule has 0 aliphatic rings. The first-order valence-electron chi connectivity index (χ1n) is 4.77. The highest BCUT2D eigenvalue weighted by atomic mass is 35.5. The Labute approximate surface area is 101 Å². The molecule has 0 saturated carbocycles. The number of hydrogen-bond donors (Lipinski definition) is 0. The maximum atomic E-state index is 11.7. The fourth-order valence-electron chi connectivity index (χ4n) is 1.31. The van der Waals surface area contributed by atoms with E-state index >= 15 is 0 Å². The molecular weight excluding hydrogens is 246 g/mol. The lowest BCUT2D eigenvalue weighted by molar-refractivity contribution is 0.588. The predicted molar refractivity (Wildman–Crippen MR) is 63.7 cm³/mol. The van der Waals surface area contributed by atoms with Gasteiger partial charge in [-0.25, -0.2) is 8.42 Å². The monoisotopic (exact) mass is 257 g/mol. The Morgan fingerprint density at radius 2 is 1.94 bits per heavy atom. The zero-order valence-corrected chi connectivity index (χ0v) is 10.4. The fourth-order valence-corrected chi connectivity index (χ4v) is 3.09. The molecule has 0 amide bonds. The molecule has 1 aromatic rings. The van der Waals surface area contributed by atoms with Gasteiger partial charge in [0.2, 0.25) is 0 Å². The van der Waals surface area contributed by atoms with Crippen molar-refractivity contribution in [1.29, 1.82) is 5.26 Å². The minimum Gasteiger partial charge on any atom is -0.228 e. The highest BCUT2D eigenvalue weighted by molar-refractivity contribution is 7.90. The number of sulfone groups is 1. The van der Waals surface area contributed by atoms with Crippen molar-refractivity contribution in [3.05, 3.63) is 34.9 Å². The van der Waals surface area contributed by atoms with Gasteiger partial charge in [0.25, 0.3) is 0 Å². The van der Waals surface area contributed by atoms with Crippen LogP contribution in [0.4, 0.5) is 0 Å². The summed E-state index contributed by atoms with van der Waals surface area (Å²) >= 11 is 5.70. The molecule has 0 aliphatic heterocycles. The Hall–Kier alpha value is -1.05. The highest BCUT2D eigenvalue weighted by Gasteiger charge is 2.16. The SMILES string of the molecule is CC(C#N)CS(=O)(=O)Cc1ccc(Cl)cc1. The molecule has 3 nitrogen and oxygen atoms in total. The smallest absolute Gasteiger partial charge is 0.155 e. The van der Waals surface area contributed by atoms with Crippen molar-refractivity contribution in [3.8, 4) is 6.07 Å². The van der Waals surface area contributed by atoms with Gasteiger partial charge in [0.05, 0.1) is 23.5 Å². The Bertz CT molecular complexity index is 488. The third kappa shape index (κ3) is 4.21. The molecule has 1 aromatic carbocycles. The summed E-state index contributed by atoms with van der Waals surface area (Å²) < 4.78 is 23.3. The average molecular weight is 258 g/mol. The number of nitriles is 1. The van der Waals surface area contributed by atoms with Crippen LogP contribution in [0.1, 0.15) is 12.5 Å². The molecule has 0 heterocycles. The Kier molecular flexibility index (Phi) is 4.34. The minimum atomic E-state index is -3.22. The van der Waals surface area contributed by atoms with Gasteiger partial charge < -0.3 is 0 Å². The second-order valence-corrected chi connectivity index (χ2v) is 6.26. The summed E-state index contributed by atoms with van der Waals surface area (Å²) in [6.45, 7) is 1.60. The lowest BCUT2D eigenvalue weighted by Gasteiger charge is -2.05. The van der Waals surface area contributed by atoms with E-state index in [2.05, 4.69) is 0 Å². The van der Waals surface area contributed by atoms with Crippen LogP contribution in [0.2, 0.25) is 5.02 Å². The predicted octanol–water partition coefficient (Wildman–Crippen LogP) is 2.41. The van der Waals surface area contributed by atoms with Gasteiger partial charge in [0, 0.05) is 5.02 Å². The first-order valence-corrected chi connectivity index (χ1v) is 6.97. The van der Waals surface area contributed by atoms with Crippen molar-refractivity contribution >= 4 is 21.4 Å². The van der Waals surface area contributed by atoms with Crippen LogP contribution < -0.4 is 0 Å². The van der Waals surface area contributed by atoms with Gasteiger partial charge in [0.1, 0.15) is 0 Å². The molecule has 0 fully saturated rings. The van der Waals surface area contributed by atoms with Gasteiger partial charge in [-0.15, -0.1) is 0 Å². The number of rotatable bonds is 4. The summed E-state index contributed by atoms with van der Waals surface area (Å²) in [7, 11) is -3.22. The molecule has 0 aromatic heterocycles. The summed E-state index contributed by atoms with van der Waals surface area (Å²) in [5, 5.41) is 9.14. The van der Waals surface area contributed by atoms with Gasteiger partial charge in [-0.2, -0.15) is 5.26 Å². The van der Waals surface area contributed by atoms with Crippen LogP contribution in [0.15, 0.2) is 24.3 Å². The van der Waals surface area contributed by atoms with E-state index in [1.54, 1.807) is 31.2 Å². The fraction of sp³-hybridized carbons (Fsp3) is 0.364. The quantitative estimate of drug-likeness (QED) is 0.832. The first-order chi connectivity index (χ1) is 7.43. The molecule has 5 heteroatoms. The first kappa shape index (κ1) is 13.0. The molecule has 86 valence electrons. The van der Waals surface area contributed by atoms with Crippen LogP contribution in [0, 0.1) is 17.2 Å². The maximum Gasteiger partial charge on any atom is 0.155 e. The van der Waals surface area contributed by atoms with Crippen LogP contribution in [-0.2, 0) is 15.6 Å². The van der Waals surface area contributed by atoms with Crippen LogP contribution in [0.3, 0.4) is 0 Å². The third-order valence-electron chi connectivity index (χ3n) is 2.02. The van der Waals surface area contributed by atoms with Gasteiger partial charge >= 0.3 is 0 Å². The van der Waals surface area contributed by atoms with E-state index in [0.717, 1.165) is 0 Å². The topological polar surface area (TPSA) is 57.9 Å². The zero-order valence-electron chi connectivity index (χ0n) is 8.85. The Morgan fingerprint density at radius 1 is 1.38 bits per heavy atom. The molecule has 0 radical (unpaired) electrons. The summed E-state index contributed by atoms with van der Waals surface area (Å²) in [5.41, 5.74) is 0.689. The number of nitrogens with zero attached hydrogens (tertiary/aromatic N) is 1. The Balaban J connectivity index is 2.74. The molecule has 0 spiro atoms. The van der Waals surface area contributed by atoms with E-state index in [0.29, 0.717) is 10.6 Å². The lowest BCUT2D eigenvalue weighted by Crippen LogP contribution is -2.14. The lowest BCUT2D eigenvalue weighted by atomic mass is 10.2. The average Bonchev–Trinajstić information content (AvgIpc) is 2.20. The maximum absolute atomic E-state index is 11.7. The summed E-state index contributed by atoms with van der Waals surface area (Å²) in [4.78, 5) is 0. The zero-order chi connectivity index (χ0) is 12.2. The molecule has 0 saturated heterocycles. The van der Waals surface area contributed by atoms with E-state index in [4.69, 9.17) is 16.9 Å². The van der Waals surface area contributed by atoms with Crippen LogP contribution >= 0.6 is 11.6 Å². The van der Waals surface area contributed by atoms with E-state index in [1.165, 1.54) is 0 Å². The summed E-state index contributed by atoms with van der Waals surface area (Å²) in [5.74, 6) is -0.625. The van der Waals surface area contributed by atoms with Crippen molar-refractivity contribution in [2.24, 2.45) is 5.92 Å². The number of benzene rings is 1.